The number of hydrogen-bond acceptors (Lipinski definition) is 4. The van der Waals surface area contributed by atoms with Gasteiger partial charge >= 0.3 is 0 Å². The summed E-state index contributed by atoms with van der Waals surface area (Å²) in [7, 11) is -2.39. The minimum atomic E-state index is -2.39. The van der Waals surface area contributed by atoms with Gasteiger partial charge in [0, 0.05) is 35.4 Å². The lowest BCUT2D eigenvalue weighted by molar-refractivity contribution is 0.0986. The number of amides is 1. The number of fused-ring (bicyclic) bond motifs is 1. The Morgan fingerprint density at radius 1 is 1.05 bits per heavy atom. The van der Waals surface area contributed by atoms with Gasteiger partial charge in [-0.15, -0.1) is 0 Å². The van der Waals surface area contributed by atoms with Crippen LogP contribution in [0.1, 0.15) is 50.4 Å². The standard InChI is InChI=1S/C30H36Cl2N4O2Si/c1-6-16-36-24-14-13-23(18-22(24)19-25(36)21-11-8-7-9-12-21)35(17-10-15-30(2,3)39(4,5)38)29(37)26-27(31)33-20-34-28(26)32/h7-9,11-14,18-20,38H,6,10,15-17H2,1-5H3. The first kappa shape index (κ1) is 29.3. The molecule has 0 bridgehead atoms. The zero-order valence-corrected chi connectivity index (χ0v) is 25.7. The molecule has 0 unspecified atom stereocenters. The van der Waals surface area contributed by atoms with Crippen molar-refractivity contribution >= 4 is 54.0 Å². The van der Waals surface area contributed by atoms with Gasteiger partial charge in [-0.25, -0.2) is 9.97 Å². The normalized spacial score (nSPS) is 12.2. The minimum Gasteiger partial charge on any atom is -0.432 e. The second-order valence-electron chi connectivity index (χ2n) is 11.1. The average molecular weight is 584 g/mol. The van der Waals surface area contributed by atoms with Gasteiger partial charge in [0.05, 0.1) is 0 Å². The Kier molecular flexibility index (Phi) is 8.86. The van der Waals surface area contributed by atoms with Crippen LogP contribution in [0, 0.1) is 0 Å². The second-order valence-corrected chi connectivity index (χ2v) is 16.3. The molecule has 4 aromatic rings. The molecule has 0 aliphatic heterocycles. The third-order valence-electron chi connectivity index (χ3n) is 7.77. The van der Waals surface area contributed by atoms with Gasteiger partial charge in [-0.1, -0.05) is 74.3 Å². The average Bonchev–Trinajstić information content (AvgIpc) is 3.24. The zero-order valence-electron chi connectivity index (χ0n) is 23.2. The number of carbonyl (C=O) groups excluding carboxylic acids is 1. The molecular weight excluding hydrogens is 547 g/mol. The van der Waals surface area contributed by atoms with Crippen LogP contribution in [0.2, 0.25) is 28.4 Å². The van der Waals surface area contributed by atoms with Gasteiger partial charge in [-0.3, -0.25) is 4.79 Å². The van der Waals surface area contributed by atoms with E-state index in [4.69, 9.17) is 23.2 Å². The highest BCUT2D eigenvalue weighted by atomic mass is 35.5. The Morgan fingerprint density at radius 3 is 2.33 bits per heavy atom. The van der Waals surface area contributed by atoms with Crippen LogP contribution in [0.25, 0.3) is 22.2 Å². The van der Waals surface area contributed by atoms with Crippen molar-refractivity contribution in [3.05, 3.63) is 76.8 Å². The summed E-state index contributed by atoms with van der Waals surface area (Å²) in [6, 6.07) is 18.6. The highest BCUT2D eigenvalue weighted by Gasteiger charge is 2.37. The minimum absolute atomic E-state index is 0.0239. The van der Waals surface area contributed by atoms with E-state index in [0.717, 1.165) is 47.2 Å². The van der Waals surface area contributed by atoms with Gasteiger partial charge in [0.2, 0.25) is 0 Å². The maximum absolute atomic E-state index is 13.9. The summed E-state index contributed by atoms with van der Waals surface area (Å²) in [6.07, 6.45) is 3.71. The SMILES string of the molecule is CCCn1c(-c2ccccc2)cc2cc(N(CCCC(C)(C)[Si](C)(C)O)C(=O)c3c(Cl)ncnc3Cl)ccc21. The molecule has 0 atom stereocenters. The van der Waals surface area contributed by atoms with Crippen molar-refractivity contribution < 1.29 is 9.59 Å². The van der Waals surface area contributed by atoms with Crippen LogP contribution in [0.4, 0.5) is 5.69 Å². The van der Waals surface area contributed by atoms with E-state index in [9.17, 15) is 9.59 Å². The molecule has 6 nitrogen and oxygen atoms in total. The van der Waals surface area contributed by atoms with E-state index in [0.29, 0.717) is 13.0 Å². The van der Waals surface area contributed by atoms with Crippen molar-refractivity contribution in [1.82, 2.24) is 14.5 Å². The molecule has 2 heterocycles. The van der Waals surface area contributed by atoms with Crippen molar-refractivity contribution in [3.63, 3.8) is 0 Å². The highest BCUT2D eigenvalue weighted by Crippen LogP contribution is 2.40. The molecule has 1 N–H and O–H groups in total. The first-order valence-corrected chi connectivity index (χ1v) is 17.0. The van der Waals surface area contributed by atoms with Crippen molar-refractivity contribution in [3.8, 4) is 11.3 Å². The fraction of sp³-hybridized carbons (Fsp3) is 0.367. The molecule has 0 radical (unpaired) electrons. The van der Waals surface area contributed by atoms with Gasteiger partial charge < -0.3 is 14.3 Å². The molecule has 0 fully saturated rings. The van der Waals surface area contributed by atoms with Gasteiger partial charge in [0.25, 0.3) is 5.91 Å². The molecule has 9 heteroatoms. The summed E-state index contributed by atoms with van der Waals surface area (Å²) in [5.74, 6) is -0.348. The number of benzene rings is 2. The number of anilines is 1. The third-order valence-corrected chi connectivity index (χ3v) is 11.9. The Hall–Kier alpha value is -2.71. The van der Waals surface area contributed by atoms with E-state index in [1.165, 1.54) is 6.33 Å². The fourth-order valence-corrected chi connectivity index (χ4v) is 5.99. The molecule has 0 saturated carbocycles. The summed E-state index contributed by atoms with van der Waals surface area (Å²) < 4.78 is 2.33. The monoisotopic (exact) mass is 582 g/mol. The van der Waals surface area contributed by atoms with E-state index < -0.39 is 8.32 Å². The van der Waals surface area contributed by atoms with E-state index in [1.54, 1.807) is 4.90 Å². The molecule has 0 spiro atoms. The molecule has 2 aromatic heterocycles. The Morgan fingerprint density at radius 2 is 1.72 bits per heavy atom. The maximum atomic E-state index is 13.9. The lowest BCUT2D eigenvalue weighted by Crippen LogP contribution is -2.40. The van der Waals surface area contributed by atoms with Crippen LogP contribution in [-0.2, 0) is 6.54 Å². The highest BCUT2D eigenvalue weighted by molar-refractivity contribution is 6.72. The Labute approximate surface area is 241 Å². The molecular formula is C30H36Cl2N4O2Si. The predicted molar refractivity (Wildman–Crippen MR) is 164 cm³/mol. The first-order chi connectivity index (χ1) is 18.4. The number of halogens is 2. The summed E-state index contributed by atoms with van der Waals surface area (Å²) in [6.45, 7) is 11.6. The molecule has 0 saturated heterocycles. The van der Waals surface area contributed by atoms with Gasteiger partial charge in [-0.2, -0.15) is 0 Å². The largest absolute Gasteiger partial charge is 0.432 e. The summed E-state index contributed by atoms with van der Waals surface area (Å²) in [5, 5.41) is 0.883. The topological polar surface area (TPSA) is 71.2 Å². The fourth-order valence-electron chi connectivity index (χ4n) is 4.73. The first-order valence-electron chi connectivity index (χ1n) is 13.3. The number of aromatic nitrogens is 3. The van der Waals surface area contributed by atoms with E-state index in [2.05, 4.69) is 59.6 Å². The van der Waals surface area contributed by atoms with Crippen molar-refractivity contribution in [2.45, 2.75) is 64.7 Å². The predicted octanol–water partition coefficient (Wildman–Crippen LogP) is 8.22. The molecule has 0 aliphatic rings. The smallest absolute Gasteiger partial charge is 0.264 e. The molecule has 2 aromatic carbocycles. The number of rotatable bonds is 10. The summed E-state index contributed by atoms with van der Waals surface area (Å²) in [4.78, 5) is 34.4. The van der Waals surface area contributed by atoms with Crippen molar-refractivity contribution in [1.29, 1.82) is 0 Å². The summed E-state index contributed by atoms with van der Waals surface area (Å²) >= 11 is 12.7. The van der Waals surface area contributed by atoms with Crippen molar-refractivity contribution in [2.24, 2.45) is 0 Å². The Bertz CT molecular complexity index is 1450. The van der Waals surface area contributed by atoms with Crippen LogP contribution in [0.5, 0.6) is 0 Å². The quantitative estimate of drug-likeness (QED) is 0.151. The maximum Gasteiger partial charge on any atom is 0.264 e. The van der Waals surface area contributed by atoms with Crippen LogP contribution < -0.4 is 4.90 Å². The number of hydrogen-bond donors (Lipinski definition) is 1. The summed E-state index contributed by atoms with van der Waals surface area (Å²) in [5.41, 5.74) is 4.23. The molecule has 39 heavy (non-hydrogen) atoms. The zero-order chi connectivity index (χ0) is 28.4. The molecule has 0 aliphatic carbocycles. The van der Waals surface area contributed by atoms with Gasteiger partial charge in [0.1, 0.15) is 22.2 Å². The van der Waals surface area contributed by atoms with Crippen LogP contribution >= 0.6 is 23.2 Å². The lowest BCUT2D eigenvalue weighted by Gasteiger charge is -2.35. The van der Waals surface area contributed by atoms with Crippen LogP contribution in [0.15, 0.2) is 60.9 Å². The molecule has 1 amide bonds. The van der Waals surface area contributed by atoms with Crippen molar-refractivity contribution in [2.75, 3.05) is 11.4 Å². The second kappa shape index (κ2) is 11.8. The van der Waals surface area contributed by atoms with Gasteiger partial charge in [-0.05, 0) is 67.2 Å². The van der Waals surface area contributed by atoms with E-state index in [-0.39, 0.29) is 26.8 Å². The Balaban J connectivity index is 1.77. The van der Waals surface area contributed by atoms with Crippen LogP contribution in [0.3, 0.4) is 0 Å². The number of carbonyl (C=O) groups is 1. The van der Waals surface area contributed by atoms with Gasteiger partial charge in [0.15, 0.2) is 8.32 Å². The third kappa shape index (κ3) is 6.22. The number of aryl methyl sites for hydroxylation is 1. The van der Waals surface area contributed by atoms with E-state index >= 15 is 0 Å². The van der Waals surface area contributed by atoms with Crippen LogP contribution in [-0.4, -0.2) is 40.1 Å². The molecule has 4 rings (SSSR count). The number of nitrogens with zero attached hydrogens (tertiary/aromatic N) is 4. The lowest BCUT2D eigenvalue weighted by atomic mass is 10.1. The van der Waals surface area contributed by atoms with E-state index in [1.807, 2.05) is 43.4 Å². The molecule has 206 valence electrons.